The zero-order valence-corrected chi connectivity index (χ0v) is 11.2. The monoisotopic (exact) mass is 250 g/mol. The van der Waals surface area contributed by atoms with Crippen molar-refractivity contribution in [1.82, 2.24) is 0 Å². The topological polar surface area (TPSA) is 29.3 Å². The molecule has 0 aromatic heterocycles. The number of nitrogens with zero attached hydrogens (tertiary/aromatic N) is 1. The zero-order chi connectivity index (χ0) is 13.0. The molecule has 100 valence electrons. The lowest BCUT2D eigenvalue weighted by Crippen LogP contribution is -2.26. The van der Waals surface area contributed by atoms with Crippen LogP contribution in [0.15, 0.2) is 18.2 Å². The molecule has 0 spiro atoms. The van der Waals surface area contributed by atoms with Gasteiger partial charge in [0.1, 0.15) is 5.82 Å². The van der Waals surface area contributed by atoms with Crippen LogP contribution in [-0.2, 0) is 0 Å². The highest BCUT2D eigenvalue weighted by Gasteiger charge is 2.20. The minimum Gasteiger partial charge on any atom is -0.397 e. The van der Waals surface area contributed by atoms with Gasteiger partial charge in [0.05, 0.1) is 11.4 Å². The highest BCUT2D eigenvalue weighted by molar-refractivity contribution is 5.68. The molecule has 1 atom stereocenters. The van der Waals surface area contributed by atoms with Crippen molar-refractivity contribution in [3.05, 3.63) is 24.0 Å². The van der Waals surface area contributed by atoms with Crippen LogP contribution in [0.2, 0.25) is 0 Å². The van der Waals surface area contributed by atoms with E-state index in [1.165, 1.54) is 25.3 Å². The van der Waals surface area contributed by atoms with Crippen LogP contribution in [0.4, 0.5) is 15.8 Å². The molecule has 0 radical (unpaired) electrons. The fraction of sp³-hybridized carbons (Fsp3) is 0.600. The molecule has 1 aromatic carbocycles. The third-order valence-corrected chi connectivity index (χ3v) is 3.88. The Bertz CT molecular complexity index is 372. The van der Waals surface area contributed by atoms with Crippen molar-refractivity contribution in [2.45, 2.75) is 39.0 Å². The molecule has 2 nitrogen and oxygen atoms in total. The van der Waals surface area contributed by atoms with Crippen molar-refractivity contribution < 1.29 is 4.39 Å². The molecule has 0 bridgehead atoms. The Kier molecular flexibility index (Phi) is 4.45. The molecular weight excluding hydrogens is 227 g/mol. The van der Waals surface area contributed by atoms with Gasteiger partial charge < -0.3 is 10.6 Å². The molecule has 1 aromatic rings. The summed E-state index contributed by atoms with van der Waals surface area (Å²) >= 11 is 0. The quantitative estimate of drug-likeness (QED) is 0.826. The van der Waals surface area contributed by atoms with Crippen molar-refractivity contribution in [3.63, 3.8) is 0 Å². The predicted molar refractivity (Wildman–Crippen MR) is 75.3 cm³/mol. The van der Waals surface area contributed by atoms with Crippen LogP contribution in [0, 0.1) is 11.7 Å². The first kappa shape index (κ1) is 13.2. The van der Waals surface area contributed by atoms with Gasteiger partial charge in [-0.15, -0.1) is 0 Å². The summed E-state index contributed by atoms with van der Waals surface area (Å²) in [6, 6.07) is 4.96. The summed E-state index contributed by atoms with van der Waals surface area (Å²) in [5.74, 6) is 0.608. The Hall–Kier alpha value is -1.25. The second kappa shape index (κ2) is 6.07. The molecule has 1 aliphatic rings. The van der Waals surface area contributed by atoms with Gasteiger partial charge >= 0.3 is 0 Å². The third-order valence-electron chi connectivity index (χ3n) is 3.88. The Morgan fingerprint density at radius 3 is 2.89 bits per heavy atom. The van der Waals surface area contributed by atoms with E-state index in [0.29, 0.717) is 11.4 Å². The Balaban J connectivity index is 2.10. The molecule has 0 amide bonds. The predicted octanol–water partition coefficient (Wildman–Crippen LogP) is 3.81. The van der Waals surface area contributed by atoms with Gasteiger partial charge in [-0.3, -0.25) is 0 Å². The van der Waals surface area contributed by atoms with Crippen molar-refractivity contribution >= 4 is 11.4 Å². The number of halogens is 1. The Morgan fingerprint density at radius 2 is 2.17 bits per heavy atom. The lowest BCUT2D eigenvalue weighted by Gasteiger charge is -2.24. The number of anilines is 2. The van der Waals surface area contributed by atoms with Crippen LogP contribution >= 0.6 is 0 Å². The van der Waals surface area contributed by atoms with E-state index < -0.39 is 0 Å². The summed E-state index contributed by atoms with van der Waals surface area (Å²) in [4.78, 5) is 2.13. The number of hydrogen-bond acceptors (Lipinski definition) is 2. The molecule has 1 unspecified atom stereocenters. The van der Waals surface area contributed by atoms with E-state index in [1.807, 2.05) is 0 Å². The normalized spacial score (nSPS) is 20.8. The molecule has 0 aliphatic carbocycles. The number of nitrogens with two attached hydrogens (primary N) is 1. The van der Waals surface area contributed by atoms with Gasteiger partial charge in [-0.1, -0.05) is 25.8 Å². The van der Waals surface area contributed by atoms with E-state index in [1.54, 1.807) is 12.1 Å². The van der Waals surface area contributed by atoms with Gasteiger partial charge in [0.2, 0.25) is 0 Å². The number of nitrogen functional groups attached to an aromatic ring is 1. The average Bonchev–Trinajstić information content (AvgIpc) is 2.56. The van der Waals surface area contributed by atoms with Crippen LogP contribution in [0.3, 0.4) is 0 Å². The average molecular weight is 250 g/mol. The molecule has 1 heterocycles. The minimum absolute atomic E-state index is 0.191. The van der Waals surface area contributed by atoms with Gasteiger partial charge in [0.15, 0.2) is 0 Å². The first-order chi connectivity index (χ1) is 8.72. The van der Waals surface area contributed by atoms with Gasteiger partial charge in [0.25, 0.3) is 0 Å². The van der Waals surface area contributed by atoms with Gasteiger partial charge in [-0.25, -0.2) is 4.39 Å². The lowest BCUT2D eigenvalue weighted by atomic mass is 9.96. The summed E-state index contributed by atoms with van der Waals surface area (Å²) < 4.78 is 13.9. The molecule has 18 heavy (non-hydrogen) atoms. The fourth-order valence-corrected chi connectivity index (χ4v) is 2.95. The number of rotatable bonds is 3. The third kappa shape index (κ3) is 2.95. The van der Waals surface area contributed by atoms with Gasteiger partial charge in [-0.2, -0.15) is 0 Å². The summed E-state index contributed by atoms with van der Waals surface area (Å²) in [5.41, 5.74) is 7.08. The van der Waals surface area contributed by atoms with Crippen LogP contribution < -0.4 is 10.6 Å². The van der Waals surface area contributed by atoms with Crippen molar-refractivity contribution in [2.24, 2.45) is 5.92 Å². The minimum atomic E-state index is -0.191. The largest absolute Gasteiger partial charge is 0.397 e. The zero-order valence-electron chi connectivity index (χ0n) is 11.2. The van der Waals surface area contributed by atoms with E-state index in [-0.39, 0.29) is 5.82 Å². The van der Waals surface area contributed by atoms with E-state index in [9.17, 15) is 4.39 Å². The van der Waals surface area contributed by atoms with Gasteiger partial charge in [0, 0.05) is 13.1 Å². The van der Waals surface area contributed by atoms with Crippen LogP contribution in [-0.4, -0.2) is 13.1 Å². The SMILES string of the molecule is CCCC1CCCN(c2c(N)cccc2F)CC1. The molecule has 0 saturated carbocycles. The van der Waals surface area contributed by atoms with Crippen molar-refractivity contribution in [1.29, 1.82) is 0 Å². The number of hydrogen-bond donors (Lipinski definition) is 1. The standard InChI is InChI=1S/C15H23FN2/c1-2-5-12-6-4-10-18(11-9-12)15-13(16)7-3-8-14(15)17/h3,7-8,12H,2,4-6,9-11,17H2,1H3. The number of benzene rings is 1. The smallest absolute Gasteiger partial charge is 0.148 e. The van der Waals surface area contributed by atoms with Crippen molar-refractivity contribution in [2.75, 3.05) is 23.7 Å². The summed E-state index contributed by atoms with van der Waals surface area (Å²) in [6.07, 6.45) is 6.09. The highest BCUT2D eigenvalue weighted by atomic mass is 19.1. The van der Waals surface area contributed by atoms with Crippen molar-refractivity contribution in [3.8, 4) is 0 Å². The van der Waals surface area contributed by atoms with E-state index in [4.69, 9.17) is 5.73 Å². The molecular formula is C15H23FN2. The van der Waals surface area contributed by atoms with E-state index in [2.05, 4.69) is 11.8 Å². The maximum atomic E-state index is 13.9. The molecule has 2 N–H and O–H groups in total. The molecule has 3 heteroatoms. The molecule has 1 saturated heterocycles. The first-order valence-corrected chi connectivity index (χ1v) is 7.01. The fourth-order valence-electron chi connectivity index (χ4n) is 2.95. The van der Waals surface area contributed by atoms with Crippen LogP contribution in [0.5, 0.6) is 0 Å². The first-order valence-electron chi connectivity index (χ1n) is 7.01. The Labute approximate surface area is 109 Å². The summed E-state index contributed by atoms with van der Waals surface area (Å²) in [7, 11) is 0. The van der Waals surface area contributed by atoms with E-state index in [0.717, 1.165) is 31.8 Å². The number of para-hydroxylation sites is 1. The molecule has 2 rings (SSSR count). The second-order valence-corrected chi connectivity index (χ2v) is 5.25. The highest BCUT2D eigenvalue weighted by Crippen LogP contribution is 2.30. The Morgan fingerprint density at radius 1 is 1.33 bits per heavy atom. The summed E-state index contributed by atoms with van der Waals surface area (Å²) in [6.45, 7) is 4.08. The van der Waals surface area contributed by atoms with Gasteiger partial charge in [-0.05, 0) is 37.3 Å². The van der Waals surface area contributed by atoms with E-state index >= 15 is 0 Å². The molecule has 1 fully saturated rings. The second-order valence-electron chi connectivity index (χ2n) is 5.25. The maximum Gasteiger partial charge on any atom is 0.148 e. The van der Waals surface area contributed by atoms with Crippen LogP contribution in [0.1, 0.15) is 39.0 Å². The van der Waals surface area contributed by atoms with Crippen LogP contribution in [0.25, 0.3) is 0 Å². The molecule has 1 aliphatic heterocycles. The lowest BCUT2D eigenvalue weighted by molar-refractivity contribution is 0.435. The summed E-state index contributed by atoms with van der Waals surface area (Å²) in [5, 5.41) is 0. The maximum absolute atomic E-state index is 13.9.